The average molecular weight is 496 g/mol. The van der Waals surface area contributed by atoms with Crippen LogP contribution in [0.5, 0.6) is 11.6 Å². The fourth-order valence-electron chi connectivity index (χ4n) is 4.43. The lowest BCUT2D eigenvalue weighted by Gasteiger charge is -2.27. The van der Waals surface area contributed by atoms with Gasteiger partial charge in [-0.2, -0.15) is 5.10 Å². The predicted octanol–water partition coefficient (Wildman–Crippen LogP) is 4.56. The molecule has 1 aliphatic heterocycles. The number of hydrogen-bond donors (Lipinski definition) is 1. The minimum absolute atomic E-state index is 0.0933. The molecule has 7 nitrogen and oxygen atoms in total. The van der Waals surface area contributed by atoms with Gasteiger partial charge in [0.05, 0.1) is 31.0 Å². The van der Waals surface area contributed by atoms with Crippen molar-refractivity contribution in [3.8, 4) is 22.9 Å². The highest BCUT2D eigenvalue weighted by molar-refractivity contribution is 5.65. The van der Waals surface area contributed by atoms with Gasteiger partial charge in [0.25, 0.3) is 0 Å². The van der Waals surface area contributed by atoms with E-state index in [-0.39, 0.29) is 18.5 Å². The fraction of sp³-hybridized carbons (Fsp3) is 0.393. The molecule has 0 unspecified atom stereocenters. The number of aliphatic hydroxyl groups excluding tert-OH is 1. The molecule has 3 aromatic rings. The number of nitrogens with zero attached hydrogens (tertiary/aromatic N) is 3. The standard InChI is InChI=1S/C28H34FN3O4/c1-3-14-34-20-23(33)17-32(18-25-13-8-15-35-25)19-26-27(21-9-5-4-6-10-21)30-31(2)28(26)36-24-12-7-11-22(29)16-24/h3-7,9-12,16,23,25,33H,1,8,13-15,17-20H2,2H3/t23-,25-/m0/s1. The largest absolute Gasteiger partial charge is 0.439 e. The van der Waals surface area contributed by atoms with Gasteiger partial charge >= 0.3 is 0 Å². The van der Waals surface area contributed by atoms with E-state index in [1.54, 1.807) is 22.9 Å². The van der Waals surface area contributed by atoms with Crippen LogP contribution in [0.25, 0.3) is 11.3 Å². The van der Waals surface area contributed by atoms with Crippen molar-refractivity contribution in [3.63, 3.8) is 0 Å². The Hall–Kier alpha value is -3.04. The number of aromatic nitrogens is 2. The maximum absolute atomic E-state index is 13.9. The predicted molar refractivity (Wildman–Crippen MR) is 136 cm³/mol. The van der Waals surface area contributed by atoms with E-state index in [4.69, 9.17) is 19.3 Å². The SMILES string of the molecule is C=CCOC[C@@H](O)CN(Cc1c(-c2ccccc2)nn(C)c1Oc1cccc(F)c1)C[C@@H]1CCCO1. The third kappa shape index (κ3) is 7.01. The van der Waals surface area contributed by atoms with Crippen LogP contribution in [0.4, 0.5) is 4.39 Å². The normalized spacial score (nSPS) is 16.4. The minimum atomic E-state index is -0.684. The molecule has 1 aromatic heterocycles. The summed E-state index contributed by atoms with van der Waals surface area (Å²) in [5.74, 6) is 0.541. The molecule has 8 heteroatoms. The zero-order valence-corrected chi connectivity index (χ0v) is 20.7. The molecule has 36 heavy (non-hydrogen) atoms. The summed E-state index contributed by atoms with van der Waals surface area (Å²) in [7, 11) is 1.81. The number of ether oxygens (including phenoxy) is 3. The molecule has 1 fully saturated rings. The summed E-state index contributed by atoms with van der Waals surface area (Å²) in [6.07, 6.45) is 3.07. The molecule has 0 saturated carbocycles. The van der Waals surface area contributed by atoms with Crippen LogP contribution in [0.2, 0.25) is 0 Å². The quantitative estimate of drug-likeness (QED) is 0.277. The zero-order chi connectivity index (χ0) is 25.3. The number of benzene rings is 2. The molecule has 2 aromatic carbocycles. The second-order valence-corrected chi connectivity index (χ2v) is 8.99. The van der Waals surface area contributed by atoms with Crippen molar-refractivity contribution < 1.29 is 23.7 Å². The van der Waals surface area contributed by atoms with Crippen LogP contribution in [0.1, 0.15) is 18.4 Å². The Morgan fingerprint density at radius 1 is 1.28 bits per heavy atom. The Kier molecular flexibility index (Phi) is 9.24. The topological polar surface area (TPSA) is 69.0 Å². The van der Waals surface area contributed by atoms with Crippen molar-refractivity contribution >= 4 is 0 Å². The summed E-state index contributed by atoms with van der Waals surface area (Å²) >= 11 is 0. The molecule has 0 radical (unpaired) electrons. The first kappa shape index (κ1) is 26.0. The average Bonchev–Trinajstić information content (AvgIpc) is 3.48. The van der Waals surface area contributed by atoms with Gasteiger partial charge < -0.3 is 19.3 Å². The Bertz CT molecular complexity index is 1120. The van der Waals surface area contributed by atoms with Gasteiger partial charge in [0.1, 0.15) is 17.3 Å². The van der Waals surface area contributed by atoms with Gasteiger partial charge in [0.15, 0.2) is 0 Å². The highest BCUT2D eigenvalue weighted by Gasteiger charge is 2.26. The molecular formula is C28H34FN3O4. The van der Waals surface area contributed by atoms with Crippen LogP contribution >= 0.6 is 0 Å². The molecule has 0 aliphatic carbocycles. The lowest BCUT2D eigenvalue weighted by Crippen LogP contribution is -2.39. The van der Waals surface area contributed by atoms with Gasteiger partial charge in [-0.25, -0.2) is 9.07 Å². The first-order chi connectivity index (χ1) is 17.5. The third-order valence-corrected chi connectivity index (χ3v) is 6.03. The highest BCUT2D eigenvalue weighted by Crippen LogP contribution is 2.34. The minimum Gasteiger partial charge on any atom is -0.439 e. The van der Waals surface area contributed by atoms with E-state index < -0.39 is 6.10 Å². The summed E-state index contributed by atoms with van der Waals surface area (Å²) in [6, 6.07) is 15.9. The van der Waals surface area contributed by atoms with E-state index in [2.05, 4.69) is 11.5 Å². The van der Waals surface area contributed by atoms with E-state index in [0.29, 0.717) is 37.9 Å². The number of aryl methyl sites for hydroxylation is 1. The van der Waals surface area contributed by atoms with Gasteiger partial charge in [0, 0.05) is 44.9 Å². The van der Waals surface area contributed by atoms with Crippen molar-refractivity contribution in [2.75, 3.05) is 32.9 Å². The number of hydrogen-bond acceptors (Lipinski definition) is 6. The second kappa shape index (κ2) is 12.8. The van der Waals surface area contributed by atoms with E-state index >= 15 is 0 Å². The molecule has 0 amide bonds. The first-order valence-corrected chi connectivity index (χ1v) is 12.3. The number of halogens is 1. The van der Waals surface area contributed by atoms with Crippen molar-refractivity contribution in [1.29, 1.82) is 0 Å². The third-order valence-electron chi connectivity index (χ3n) is 6.03. The van der Waals surface area contributed by atoms with Crippen molar-refractivity contribution in [3.05, 3.63) is 78.6 Å². The summed E-state index contributed by atoms with van der Waals surface area (Å²) in [5, 5.41) is 15.5. The van der Waals surface area contributed by atoms with Crippen LogP contribution in [0.3, 0.4) is 0 Å². The second-order valence-electron chi connectivity index (χ2n) is 8.99. The maximum atomic E-state index is 13.9. The van der Waals surface area contributed by atoms with Gasteiger partial charge in [-0.05, 0) is 25.0 Å². The maximum Gasteiger partial charge on any atom is 0.222 e. The summed E-state index contributed by atoms with van der Waals surface area (Å²) in [4.78, 5) is 2.15. The molecule has 1 aliphatic rings. The van der Waals surface area contributed by atoms with Crippen LogP contribution < -0.4 is 4.74 Å². The molecule has 2 atom stereocenters. The lowest BCUT2D eigenvalue weighted by atomic mass is 10.1. The highest BCUT2D eigenvalue weighted by atomic mass is 19.1. The smallest absolute Gasteiger partial charge is 0.222 e. The van der Waals surface area contributed by atoms with Crippen LogP contribution in [-0.2, 0) is 23.1 Å². The first-order valence-electron chi connectivity index (χ1n) is 12.3. The summed E-state index contributed by atoms with van der Waals surface area (Å²) < 4.78 is 33.1. The fourth-order valence-corrected chi connectivity index (χ4v) is 4.43. The molecule has 0 bridgehead atoms. The van der Waals surface area contributed by atoms with Gasteiger partial charge in [-0.3, -0.25) is 4.90 Å². The molecule has 1 N–H and O–H groups in total. The molecule has 4 rings (SSSR count). The Balaban J connectivity index is 1.65. The van der Waals surface area contributed by atoms with E-state index in [0.717, 1.165) is 36.3 Å². The Labute approximate surface area is 211 Å². The van der Waals surface area contributed by atoms with Crippen LogP contribution in [-0.4, -0.2) is 64.9 Å². The van der Waals surface area contributed by atoms with Gasteiger partial charge in [-0.15, -0.1) is 6.58 Å². The summed E-state index contributed by atoms with van der Waals surface area (Å²) in [6.45, 7) is 6.50. The van der Waals surface area contributed by atoms with E-state index in [1.165, 1.54) is 12.1 Å². The Morgan fingerprint density at radius 3 is 2.83 bits per heavy atom. The lowest BCUT2D eigenvalue weighted by molar-refractivity contribution is 0.00844. The van der Waals surface area contributed by atoms with E-state index in [9.17, 15) is 9.50 Å². The molecule has 1 saturated heterocycles. The van der Waals surface area contributed by atoms with E-state index in [1.807, 2.05) is 37.4 Å². The number of rotatable bonds is 13. The molecular weight excluding hydrogens is 461 g/mol. The number of aliphatic hydroxyl groups is 1. The summed E-state index contributed by atoms with van der Waals surface area (Å²) in [5.41, 5.74) is 2.58. The molecule has 0 spiro atoms. The van der Waals surface area contributed by atoms with Crippen molar-refractivity contribution in [2.45, 2.75) is 31.6 Å². The van der Waals surface area contributed by atoms with Crippen molar-refractivity contribution in [1.82, 2.24) is 14.7 Å². The van der Waals surface area contributed by atoms with Crippen LogP contribution in [0.15, 0.2) is 67.3 Å². The van der Waals surface area contributed by atoms with Crippen molar-refractivity contribution in [2.24, 2.45) is 7.05 Å². The molecule has 192 valence electrons. The van der Waals surface area contributed by atoms with Gasteiger partial charge in [0.2, 0.25) is 5.88 Å². The van der Waals surface area contributed by atoms with Gasteiger partial charge in [-0.1, -0.05) is 42.5 Å². The van der Waals surface area contributed by atoms with Crippen LogP contribution in [0, 0.1) is 5.82 Å². The zero-order valence-electron chi connectivity index (χ0n) is 20.7. The monoisotopic (exact) mass is 495 g/mol. The Morgan fingerprint density at radius 2 is 2.11 bits per heavy atom. The molecule has 2 heterocycles.